The summed E-state index contributed by atoms with van der Waals surface area (Å²) in [5, 5.41) is 3.42. The summed E-state index contributed by atoms with van der Waals surface area (Å²) in [7, 11) is 1.63. The van der Waals surface area contributed by atoms with Crippen LogP contribution in [-0.4, -0.2) is 78.9 Å². The molecule has 31 heavy (non-hydrogen) atoms. The molecule has 2 atom stereocenters. The van der Waals surface area contributed by atoms with E-state index in [1.165, 1.54) is 5.56 Å². The van der Waals surface area contributed by atoms with E-state index in [0.29, 0.717) is 26.2 Å². The van der Waals surface area contributed by atoms with E-state index in [1.807, 2.05) is 45.0 Å². The number of carbonyl (C=O) groups is 2. The zero-order chi connectivity index (χ0) is 22.6. The van der Waals surface area contributed by atoms with E-state index < -0.39 is 11.7 Å². The number of nitrogens with one attached hydrogen (secondary N) is 1. The van der Waals surface area contributed by atoms with Gasteiger partial charge in [0.2, 0.25) is 5.91 Å². The Morgan fingerprint density at radius 1 is 1.19 bits per heavy atom. The maximum atomic E-state index is 12.4. The van der Waals surface area contributed by atoms with Gasteiger partial charge in [0.15, 0.2) is 0 Å². The molecule has 2 saturated heterocycles. The number of hydrogen-bond donors (Lipinski definition) is 1. The molecule has 8 heteroatoms. The van der Waals surface area contributed by atoms with E-state index in [-0.39, 0.29) is 24.1 Å². The van der Waals surface area contributed by atoms with Gasteiger partial charge in [0.1, 0.15) is 11.7 Å². The molecule has 0 saturated carbocycles. The highest BCUT2D eigenvalue weighted by Crippen LogP contribution is 2.26. The van der Waals surface area contributed by atoms with Crippen LogP contribution in [0.4, 0.5) is 4.79 Å². The first-order chi connectivity index (χ1) is 14.7. The van der Waals surface area contributed by atoms with Crippen LogP contribution < -0.4 is 5.32 Å². The summed E-state index contributed by atoms with van der Waals surface area (Å²) in [5.74, 6) is -0.0962. The average molecular weight is 452 g/mol. The topological polar surface area (TPSA) is 71.1 Å². The molecule has 1 aromatic rings. The molecule has 2 aliphatic rings. The molecule has 1 N–H and O–H groups in total. The minimum Gasteiger partial charge on any atom is -0.444 e. The molecule has 0 radical (unpaired) electrons. The lowest BCUT2D eigenvalue weighted by molar-refractivity contribution is -0.145. The maximum Gasteiger partial charge on any atom is 0.410 e. The smallest absolute Gasteiger partial charge is 0.410 e. The maximum absolute atomic E-state index is 12.4. The fourth-order valence-corrected chi connectivity index (χ4v) is 4.38. The van der Waals surface area contributed by atoms with Crippen molar-refractivity contribution < 1.29 is 19.1 Å². The third-order valence-corrected chi connectivity index (χ3v) is 6.10. The quantitative estimate of drug-likeness (QED) is 0.761. The van der Waals surface area contributed by atoms with Crippen molar-refractivity contribution in [2.24, 2.45) is 0 Å². The summed E-state index contributed by atoms with van der Waals surface area (Å²) < 4.78 is 11.4. The number of halogens is 1. The summed E-state index contributed by atoms with van der Waals surface area (Å²) in [5.41, 5.74) is 0.690. The van der Waals surface area contributed by atoms with Gasteiger partial charge in [-0.3, -0.25) is 9.69 Å². The number of hydrogen-bond acceptors (Lipinski definition) is 5. The van der Waals surface area contributed by atoms with E-state index in [9.17, 15) is 9.59 Å². The van der Waals surface area contributed by atoms with Crippen LogP contribution in [0.15, 0.2) is 24.3 Å². The van der Waals surface area contributed by atoms with E-state index in [1.54, 1.807) is 11.9 Å². The molecular formula is C23H34ClN3O4. The molecule has 3 rings (SSSR count). The van der Waals surface area contributed by atoms with E-state index in [2.05, 4.69) is 10.2 Å². The Balaban J connectivity index is 1.67. The summed E-state index contributed by atoms with van der Waals surface area (Å²) in [4.78, 5) is 28.8. The monoisotopic (exact) mass is 451 g/mol. The van der Waals surface area contributed by atoms with Crippen LogP contribution >= 0.6 is 11.6 Å². The van der Waals surface area contributed by atoms with Gasteiger partial charge in [0.05, 0.1) is 6.61 Å². The molecule has 2 heterocycles. The van der Waals surface area contributed by atoms with Crippen molar-refractivity contribution in [3.05, 3.63) is 34.9 Å². The van der Waals surface area contributed by atoms with Gasteiger partial charge in [-0.05, 0) is 57.7 Å². The van der Waals surface area contributed by atoms with Crippen LogP contribution in [0.25, 0.3) is 0 Å². The lowest BCUT2D eigenvalue weighted by Crippen LogP contribution is -2.60. The molecule has 0 spiro atoms. The largest absolute Gasteiger partial charge is 0.444 e. The van der Waals surface area contributed by atoms with Crippen LogP contribution in [0, 0.1) is 0 Å². The van der Waals surface area contributed by atoms with Gasteiger partial charge in [-0.25, -0.2) is 4.79 Å². The van der Waals surface area contributed by atoms with Crippen LogP contribution in [0.2, 0.25) is 5.02 Å². The van der Waals surface area contributed by atoms with Crippen LogP contribution in [-0.2, 0) is 20.7 Å². The van der Waals surface area contributed by atoms with Gasteiger partial charge < -0.3 is 19.7 Å². The standard InChI is InChI=1S/C23H34ClN3O4/c1-23(2,3)31-22(29)26-11-9-18(10-12-26)27-14-20(21(28)25-4)30-15-19(27)13-16-5-7-17(24)8-6-16/h5-8,18-20H,9-15H2,1-4H3,(H,25,28). The Bertz CT molecular complexity index is 757. The molecule has 1 aromatic carbocycles. The molecule has 2 amide bonds. The second-order valence-electron chi connectivity index (χ2n) is 9.32. The summed E-state index contributed by atoms with van der Waals surface area (Å²) in [6, 6.07) is 8.33. The third-order valence-electron chi connectivity index (χ3n) is 5.84. The Hall–Kier alpha value is -1.83. The predicted molar refractivity (Wildman–Crippen MR) is 120 cm³/mol. The van der Waals surface area contributed by atoms with Crippen molar-refractivity contribution in [3.8, 4) is 0 Å². The molecule has 2 unspecified atom stereocenters. The van der Waals surface area contributed by atoms with E-state index in [4.69, 9.17) is 21.1 Å². The number of likely N-dealkylation sites (tertiary alicyclic amines) is 1. The van der Waals surface area contributed by atoms with Crippen molar-refractivity contribution in [2.45, 2.75) is 63.8 Å². The number of ether oxygens (including phenoxy) is 2. The summed E-state index contributed by atoms with van der Waals surface area (Å²) in [6.45, 7) is 7.98. The summed E-state index contributed by atoms with van der Waals surface area (Å²) in [6.07, 6.45) is 1.78. The first-order valence-electron chi connectivity index (χ1n) is 11.0. The SMILES string of the molecule is CNC(=O)C1CN(C2CCN(C(=O)OC(C)(C)C)CC2)C(Cc2ccc(Cl)cc2)CO1. The molecule has 0 bridgehead atoms. The van der Waals surface area contributed by atoms with Gasteiger partial charge in [-0.15, -0.1) is 0 Å². The van der Waals surface area contributed by atoms with Crippen LogP contribution in [0.3, 0.4) is 0 Å². The fourth-order valence-electron chi connectivity index (χ4n) is 4.26. The molecule has 172 valence electrons. The number of benzene rings is 1. The second-order valence-corrected chi connectivity index (χ2v) is 9.75. The first kappa shape index (κ1) is 23.8. The number of carbonyl (C=O) groups excluding carboxylic acids is 2. The zero-order valence-corrected chi connectivity index (χ0v) is 19.7. The first-order valence-corrected chi connectivity index (χ1v) is 11.4. The molecular weight excluding hydrogens is 418 g/mol. The fraction of sp³-hybridized carbons (Fsp3) is 0.652. The highest BCUT2D eigenvalue weighted by molar-refractivity contribution is 6.30. The van der Waals surface area contributed by atoms with Crippen molar-refractivity contribution >= 4 is 23.6 Å². The number of rotatable bonds is 4. The number of nitrogens with zero attached hydrogens (tertiary/aromatic N) is 2. The Kier molecular flexibility index (Phi) is 7.83. The van der Waals surface area contributed by atoms with Gasteiger partial charge >= 0.3 is 6.09 Å². The Labute approximate surface area is 190 Å². The highest BCUT2D eigenvalue weighted by atomic mass is 35.5. The minimum atomic E-state index is -0.497. The molecule has 2 aliphatic heterocycles. The molecule has 0 aliphatic carbocycles. The average Bonchev–Trinajstić information content (AvgIpc) is 2.74. The van der Waals surface area contributed by atoms with Crippen LogP contribution in [0.1, 0.15) is 39.2 Å². The Morgan fingerprint density at radius 2 is 1.84 bits per heavy atom. The number of likely N-dealkylation sites (N-methyl/N-ethyl adjacent to an activating group) is 1. The van der Waals surface area contributed by atoms with Crippen molar-refractivity contribution in [1.82, 2.24) is 15.1 Å². The minimum absolute atomic E-state index is 0.0962. The van der Waals surface area contributed by atoms with Crippen molar-refractivity contribution in [2.75, 3.05) is 33.3 Å². The normalized spacial score (nSPS) is 23.5. The summed E-state index contributed by atoms with van der Waals surface area (Å²) >= 11 is 6.03. The molecule has 2 fully saturated rings. The molecule has 0 aromatic heterocycles. The van der Waals surface area contributed by atoms with Gasteiger partial charge in [0, 0.05) is 43.8 Å². The van der Waals surface area contributed by atoms with Gasteiger partial charge in [0.25, 0.3) is 0 Å². The predicted octanol–water partition coefficient (Wildman–Crippen LogP) is 3.10. The zero-order valence-electron chi connectivity index (χ0n) is 18.9. The second kappa shape index (κ2) is 10.2. The lowest BCUT2D eigenvalue weighted by atomic mass is 9.96. The van der Waals surface area contributed by atoms with Crippen molar-refractivity contribution in [1.29, 1.82) is 0 Å². The van der Waals surface area contributed by atoms with Crippen LogP contribution in [0.5, 0.6) is 0 Å². The van der Waals surface area contributed by atoms with Gasteiger partial charge in [-0.1, -0.05) is 23.7 Å². The van der Waals surface area contributed by atoms with E-state index >= 15 is 0 Å². The number of piperidine rings is 1. The van der Waals surface area contributed by atoms with Crippen molar-refractivity contribution in [3.63, 3.8) is 0 Å². The third kappa shape index (κ3) is 6.57. The van der Waals surface area contributed by atoms with E-state index in [0.717, 1.165) is 24.3 Å². The molecule has 7 nitrogen and oxygen atoms in total. The number of morpholine rings is 1. The van der Waals surface area contributed by atoms with Gasteiger partial charge in [-0.2, -0.15) is 0 Å². The Morgan fingerprint density at radius 3 is 2.42 bits per heavy atom. The lowest BCUT2D eigenvalue weighted by Gasteiger charge is -2.46. The number of amides is 2. The highest BCUT2D eigenvalue weighted by Gasteiger charge is 2.38.